The summed E-state index contributed by atoms with van der Waals surface area (Å²) in [4.78, 5) is 21.8. The molecule has 126 valence electrons. The first-order valence-corrected chi connectivity index (χ1v) is 7.75. The summed E-state index contributed by atoms with van der Waals surface area (Å²) in [6.45, 7) is 3.19. The largest absolute Gasteiger partial charge is 0.327 e. The predicted octanol–water partition coefficient (Wildman–Crippen LogP) is 2.76. The van der Waals surface area contributed by atoms with Crippen LogP contribution in [0.25, 0.3) is 0 Å². The highest BCUT2D eigenvalue weighted by molar-refractivity contribution is 5.81. The van der Waals surface area contributed by atoms with Crippen molar-refractivity contribution in [3.8, 4) is 0 Å². The van der Waals surface area contributed by atoms with Crippen LogP contribution in [-0.4, -0.2) is 23.7 Å². The summed E-state index contributed by atoms with van der Waals surface area (Å²) in [6.07, 6.45) is 13.2. The second-order valence-electron chi connectivity index (χ2n) is 6.00. The average Bonchev–Trinajstić information content (AvgIpc) is 2.48. The predicted molar refractivity (Wildman–Crippen MR) is 92.4 cm³/mol. The van der Waals surface area contributed by atoms with Gasteiger partial charge in [-0.3, -0.25) is 9.59 Å². The van der Waals surface area contributed by atoms with Crippen LogP contribution in [0.5, 0.6) is 0 Å². The minimum absolute atomic E-state index is 0. The fraction of sp³-hybridized carbons (Fsp3) is 0.667. The highest BCUT2D eigenvalue weighted by atomic mass is 16.1. The summed E-state index contributed by atoms with van der Waals surface area (Å²) in [5, 5.41) is 0. The Morgan fingerprint density at radius 2 is 1.64 bits per heavy atom. The van der Waals surface area contributed by atoms with Gasteiger partial charge in [0, 0.05) is 12.0 Å². The Morgan fingerprint density at radius 1 is 1.05 bits per heavy atom. The van der Waals surface area contributed by atoms with Crippen molar-refractivity contribution in [3.05, 3.63) is 24.3 Å². The van der Waals surface area contributed by atoms with E-state index in [0.29, 0.717) is 5.92 Å². The lowest BCUT2D eigenvalue weighted by atomic mass is 9.86. The molecule has 4 atom stereocenters. The molecule has 0 bridgehead atoms. The van der Waals surface area contributed by atoms with Gasteiger partial charge in [-0.1, -0.05) is 31.7 Å². The minimum atomic E-state index is -0.236. The van der Waals surface area contributed by atoms with Crippen molar-refractivity contribution in [2.45, 2.75) is 65.5 Å². The number of ketones is 2. The highest BCUT2D eigenvalue weighted by Gasteiger charge is 2.22. The first kappa shape index (κ1) is 20.7. The molecule has 0 aromatic rings. The molecule has 0 amide bonds. The zero-order chi connectivity index (χ0) is 15.8. The van der Waals surface area contributed by atoms with Crippen molar-refractivity contribution in [1.82, 2.24) is 0 Å². The average molecular weight is 308 g/mol. The van der Waals surface area contributed by atoms with E-state index >= 15 is 0 Å². The molecule has 22 heavy (non-hydrogen) atoms. The van der Waals surface area contributed by atoms with Gasteiger partial charge in [0.1, 0.15) is 11.6 Å². The van der Waals surface area contributed by atoms with E-state index in [9.17, 15) is 9.59 Å². The monoisotopic (exact) mass is 308 g/mol. The highest BCUT2D eigenvalue weighted by Crippen LogP contribution is 2.20. The Kier molecular flexibility index (Phi) is 9.86. The van der Waals surface area contributed by atoms with Crippen molar-refractivity contribution in [1.29, 1.82) is 0 Å². The van der Waals surface area contributed by atoms with E-state index in [1.54, 1.807) is 13.8 Å². The van der Waals surface area contributed by atoms with Crippen molar-refractivity contribution in [2.24, 2.45) is 23.3 Å². The van der Waals surface area contributed by atoms with E-state index in [0.717, 1.165) is 32.1 Å². The SMILES string of the molecule is C.CC(=O)C(N)C1CC=CCC1.CC(=O)C1CC=CCC1N. The molecule has 0 aliphatic heterocycles. The maximum atomic E-state index is 10.9. The summed E-state index contributed by atoms with van der Waals surface area (Å²) in [6, 6.07) is -0.178. The molecular weight excluding hydrogens is 276 g/mol. The van der Waals surface area contributed by atoms with E-state index in [4.69, 9.17) is 11.5 Å². The van der Waals surface area contributed by atoms with Crippen molar-refractivity contribution >= 4 is 11.6 Å². The Bertz CT molecular complexity index is 415. The molecule has 0 aromatic carbocycles. The molecular formula is C18H32N2O2. The van der Waals surface area contributed by atoms with Gasteiger partial charge in [0.2, 0.25) is 0 Å². The summed E-state index contributed by atoms with van der Waals surface area (Å²) >= 11 is 0. The molecule has 4 nitrogen and oxygen atoms in total. The fourth-order valence-electron chi connectivity index (χ4n) is 2.78. The number of hydrogen-bond donors (Lipinski definition) is 2. The second-order valence-corrected chi connectivity index (χ2v) is 6.00. The molecule has 4 heteroatoms. The Labute approximate surface area is 135 Å². The van der Waals surface area contributed by atoms with E-state index in [1.165, 1.54) is 0 Å². The standard InChI is InChI=1S/C9H15NO.C8H13NO.CH4/c1-7(11)9(10)8-5-3-2-4-6-8;1-6(10)7-4-2-3-5-8(7)9;/h2-3,8-9H,4-6,10H2,1H3;2-3,7-8H,4-5,9H2,1H3;1H4. The van der Waals surface area contributed by atoms with Crippen LogP contribution in [0, 0.1) is 11.8 Å². The van der Waals surface area contributed by atoms with Gasteiger partial charge >= 0.3 is 0 Å². The van der Waals surface area contributed by atoms with Crippen LogP contribution in [0.4, 0.5) is 0 Å². The smallest absolute Gasteiger partial charge is 0.146 e. The van der Waals surface area contributed by atoms with E-state index in [2.05, 4.69) is 12.2 Å². The fourth-order valence-corrected chi connectivity index (χ4v) is 2.78. The number of nitrogens with two attached hydrogens (primary N) is 2. The molecule has 0 saturated carbocycles. The minimum Gasteiger partial charge on any atom is -0.327 e. The Balaban J connectivity index is 0.000000385. The van der Waals surface area contributed by atoms with Crippen LogP contribution < -0.4 is 11.5 Å². The van der Waals surface area contributed by atoms with Crippen LogP contribution in [0.3, 0.4) is 0 Å². The first-order chi connectivity index (χ1) is 9.93. The molecule has 0 fully saturated rings. The first-order valence-electron chi connectivity index (χ1n) is 7.75. The molecule has 2 aliphatic rings. The molecule has 4 N–H and O–H groups in total. The van der Waals surface area contributed by atoms with Crippen LogP contribution in [-0.2, 0) is 9.59 Å². The van der Waals surface area contributed by atoms with Gasteiger partial charge in [0.05, 0.1) is 6.04 Å². The van der Waals surface area contributed by atoms with Crippen molar-refractivity contribution in [3.63, 3.8) is 0 Å². The van der Waals surface area contributed by atoms with Crippen molar-refractivity contribution in [2.75, 3.05) is 0 Å². The van der Waals surface area contributed by atoms with Gasteiger partial charge in [0.15, 0.2) is 0 Å². The van der Waals surface area contributed by atoms with Crippen LogP contribution >= 0.6 is 0 Å². The van der Waals surface area contributed by atoms with Crippen LogP contribution in [0.15, 0.2) is 24.3 Å². The van der Waals surface area contributed by atoms with Crippen LogP contribution in [0.1, 0.15) is 53.4 Å². The number of rotatable bonds is 3. The van der Waals surface area contributed by atoms with Gasteiger partial charge in [-0.15, -0.1) is 0 Å². The third-order valence-corrected chi connectivity index (χ3v) is 4.29. The molecule has 2 aliphatic carbocycles. The molecule has 0 aromatic heterocycles. The number of carbonyl (C=O) groups is 2. The van der Waals surface area contributed by atoms with E-state index in [-0.39, 0.29) is 37.0 Å². The van der Waals surface area contributed by atoms with E-state index in [1.807, 2.05) is 12.2 Å². The van der Waals surface area contributed by atoms with Crippen LogP contribution in [0.2, 0.25) is 0 Å². The van der Waals surface area contributed by atoms with Gasteiger partial charge in [-0.25, -0.2) is 0 Å². The molecule has 0 heterocycles. The lowest BCUT2D eigenvalue weighted by Crippen LogP contribution is -2.36. The number of carbonyl (C=O) groups excluding carboxylic acids is 2. The quantitative estimate of drug-likeness (QED) is 0.785. The third kappa shape index (κ3) is 6.67. The number of Topliss-reactive ketones (excluding diaryl/α,β-unsaturated/α-hetero) is 2. The lowest BCUT2D eigenvalue weighted by molar-refractivity contribution is -0.121. The lowest BCUT2D eigenvalue weighted by Gasteiger charge is -2.22. The van der Waals surface area contributed by atoms with E-state index < -0.39 is 0 Å². The third-order valence-electron chi connectivity index (χ3n) is 4.29. The molecule has 4 unspecified atom stereocenters. The number of hydrogen-bond acceptors (Lipinski definition) is 4. The maximum Gasteiger partial charge on any atom is 0.146 e. The summed E-state index contributed by atoms with van der Waals surface area (Å²) in [5.41, 5.74) is 11.4. The number of allylic oxidation sites excluding steroid dienone is 3. The molecule has 2 rings (SSSR count). The summed E-state index contributed by atoms with van der Waals surface area (Å²) < 4.78 is 0. The van der Waals surface area contributed by atoms with Gasteiger partial charge in [-0.05, 0) is 51.9 Å². The normalized spacial score (nSPS) is 27.9. The van der Waals surface area contributed by atoms with Gasteiger partial charge < -0.3 is 11.5 Å². The van der Waals surface area contributed by atoms with Gasteiger partial charge in [0.25, 0.3) is 0 Å². The Morgan fingerprint density at radius 3 is 2.05 bits per heavy atom. The topological polar surface area (TPSA) is 86.2 Å². The molecule has 0 saturated heterocycles. The van der Waals surface area contributed by atoms with Crippen molar-refractivity contribution < 1.29 is 9.59 Å². The summed E-state index contributed by atoms with van der Waals surface area (Å²) in [7, 11) is 0. The second kappa shape index (κ2) is 10.5. The maximum absolute atomic E-state index is 10.9. The Hall–Kier alpha value is -1.26. The summed E-state index contributed by atoms with van der Waals surface area (Å²) in [5.74, 6) is 0.796. The van der Waals surface area contributed by atoms with Gasteiger partial charge in [-0.2, -0.15) is 0 Å². The zero-order valence-electron chi connectivity index (χ0n) is 13.1. The molecule has 0 radical (unpaired) electrons. The zero-order valence-corrected chi connectivity index (χ0v) is 13.1. The molecule has 0 spiro atoms.